The van der Waals surface area contributed by atoms with E-state index in [1.807, 2.05) is 0 Å². The van der Waals surface area contributed by atoms with E-state index in [1.165, 1.54) is 0 Å². The quantitative estimate of drug-likeness (QED) is 0.461. The van der Waals surface area contributed by atoms with Crippen LogP contribution in [0.15, 0.2) is 0 Å². The summed E-state index contributed by atoms with van der Waals surface area (Å²) in [5.41, 5.74) is 5.09. The van der Waals surface area contributed by atoms with Crippen LogP contribution in [0, 0.1) is 0 Å². The van der Waals surface area contributed by atoms with Gasteiger partial charge in [-0.25, -0.2) is 0 Å². The van der Waals surface area contributed by atoms with Gasteiger partial charge >= 0.3 is 5.97 Å². The highest BCUT2D eigenvalue weighted by Crippen LogP contribution is 1.90. The van der Waals surface area contributed by atoms with Gasteiger partial charge in [-0.05, 0) is 6.42 Å². The van der Waals surface area contributed by atoms with Crippen molar-refractivity contribution in [1.29, 1.82) is 0 Å². The number of nitrogens with two attached hydrogens (primary N) is 1. The summed E-state index contributed by atoms with van der Waals surface area (Å²) in [6, 6.07) is -0.624. The van der Waals surface area contributed by atoms with Crippen molar-refractivity contribution in [3.63, 3.8) is 0 Å². The molecule has 0 heterocycles. The number of hydrogen-bond donors (Lipinski definition) is 3. The zero-order valence-corrected chi connectivity index (χ0v) is 6.36. The average Bonchev–Trinajstić information content (AvgIpc) is 2.04. The van der Waals surface area contributed by atoms with Crippen LogP contribution in [0.1, 0.15) is 12.8 Å². The predicted octanol–water partition coefficient (Wildman–Crippen LogP) is -1.01. The van der Waals surface area contributed by atoms with Crippen molar-refractivity contribution in [2.75, 3.05) is 7.11 Å². The van der Waals surface area contributed by atoms with Crippen LogP contribution in [0.2, 0.25) is 0 Å². The number of hydrogen-bond acceptors (Lipinski definition) is 4. The van der Waals surface area contributed by atoms with Gasteiger partial charge in [0.25, 0.3) is 0 Å². The van der Waals surface area contributed by atoms with Gasteiger partial charge in [-0.1, -0.05) is 0 Å². The molecule has 0 saturated carbocycles. The normalized spacial score (nSPS) is 10.8. The van der Waals surface area contributed by atoms with Crippen molar-refractivity contribution in [1.82, 2.24) is 0 Å². The molecule has 0 aliphatic carbocycles. The predicted molar refractivity (Wildman–Crippen MR) is 39.1 cm³/mol. The number of carbonyl (C=O) groups excluding carboxylic acids is 1. The van der Waals surface area contributed by atoms with E-state index in [1.54, 1.807) is 0 Å². The minimum absolute atomic E-state index is 0.0418. The van der Waals surface area contributed by atoms with Gasteiger partial charge in [0, 0.05) is 13.5 Å². The molecule has 0 saturated heterocycles. The summed E-state index contributed by atoms with van der Waals surface area (Å²) in [7, 11) is 1.00. The van der Waals surface area contributed by atoms with Crippen molar-refractivity contribution >= 4 is 12.3 Å². The molecule has 0 fully saturated rings. The molecule has 0 aliphatic rings. The van der Waals surface area contributed by atoms with Crippen LogP contribution >= 0.6 is 0 Å². The highest BCUT2D eigenvalue weighted by atomic mass is 16.4. The molecule has 0 aromatic carbocycles. The second-order valence-electron chi connectivity index (χ2n) is 1.73. The maximum atomic E-state index is 9.85. The lowest BCUT2D eigenvalue weighted by Gasteiger charge is -1.97. The van der Waals surface area contributed by atoms with E-state index in [0.717, 1.165) is 7.11 Å². The first-order chi connectivity index (χ1) is 5.16. The Labute approximate surface area is 64.8 Å². The summed E-state index contributed by atoms with van der Waals surface area (Å²) < 4.78 is 0. The molecular weight excluding hydrogens is 150 g/mol. The molecule has 11 heavy (non-hydrogen) atoms. The number of aliphatic hydroxyl groups is 1. The van der Waals surface area contributed by atoms with Crippen LogP contribution in [-0.4, -0.2) is 35.6 Å². The number of aliphatic carboxylic acids is 1. The number of carbonyl (C=O) groups is 2. The SMILES string of the molecule is CO.NC(C=O)CCC(=O)O. The van der Waals surface area contributed by atoms with E-state index in [4.69, 9.17) is 15.9 Å². The summed E-state index contributed by atoms with van der Waals surface area (Å²) in [6.45, 7) is 0. The number of aldehydes is 1. The highest BCUT2D eigenvalue weighted by molar-refractivity contribution is 5.68. The summed E-state index contributed by atoms with van der Waals surface area (Å²) >= 11 is 0. The van der Waals surface area contributed by atoms with Crippen LogP contribution in [-0.2, 0) is 9.59 Å². The molecule has 0 aromatic heterocycles. The van der Waals surface area contributed by atoms with E-state index in [9.17, 15) is 9.59 Å². The maximum absolute atomic E-state index is 9.85. The fraction of sp³-hybridized carbons (Fsp3) is 0.667. The molecule has 5 heteroatoms. The topological polar surface area (TPSA) is 101 Å². The maximum Gasteiger partial charge on any atom is 0.303 e. The molecule has 5 nitrogen and oxygen atoms in total. The molecule has 0 rings (SSSR count). The first-order valence-corrected chi connectivity index (χ1v) is 3.04. The van der Waals surface area contributed by atoms with Gasteiger partial charge in [-0.15, -0.1) is 0 Å². The second kappa shape index (κ2) is 9.06. The lowest BCUT2D eigenvalue weighted by molar-refractivity contribution is -0.137. The molecule has 1 unspecified atom stereocenters. The molecular formula is C6H13NO4. The Morgan fingerprint density at radius 1 is 1.64 bits per heavy atom. The van der Waals surface area contributed by atoms with Crippen molar-refractivity contribution in [3.05, 3.63) is 0 Å². The third kappa shape index (κ3) is 12.3. The lowest BCUT2D eigenvalue weighted by Crippen LogP contribution is -2.22. The van der Waals surface area contributed by atoms with Gasteiger partial charge in [0.15, 0.2) is 0 Å². The Hall–Kier alpha value is -0.940. The molecule has 66 valence electrons. The third-order valence-electron chi connectivity index (χ3n) is 0.866. The summed E-state index contributed by atoms with van der Waals surface area (Å²) in [5.74, 6) is -0.924. The minimum atomic E-state index is -0.924. The Bertz CT molecular complexity index is 115. The van der Waals surface area contributed by atoms with Gasteiger partial charge in [-0.3, -0.25) is 4.79 Å². The second-order valence-corrected chi connectivity index (χ2v) is 1.73. The molecule has 0 spiro atoms. The first kappa shape index (κ1) is 12.7. The average molecular weight is 163 g/mol. The van der Waals surface area contributed by atoms with Gasteiger partial charge in [-0.2, -0.15) is 0 Å². The Morgan fingerprint density at radius 2 is 2.09 bits per heavy atom. The van der Waals surface area contributed by atoms with Gasteiger partial charge < -0.3 is 20.7 Å². The van der Waals surface area contributed by atoms with Crippen molar-refractivity contribution in [3.8, 4) is 0 Å². The lowest BCUT2D eigenvalue weighted by atomic mass is 10.2. The van der Waals surface area contributed by atoms with Crippen LogP contribution in [0.5, 0.6) is 0 Å². The van der Waals surface area contributed by atoms with Crippen LogP contribution < -0.4 is 5.73 Å². The molecule has 0 radical (unpaired) electrons. The standard InChI is InChI=1S/C5H9NO3.CH4O/c6-4(3-7)1-2-5(8)9;1-2/h3-4H,1-2,6H2,(H,8,9);2H,1H3. The van der Waals surface area contributed by atoms with E-state index in [-0.39, 0.29) is 12.8 Å². The Kier molecular flexibility index (Phi) is 10.5. The molecule has 0 aliphatic heterocycles. The molecule has 0 amide bonds. The first-order valence-electron chi connectivity index (χ1n) is 3.04. The number of aliphatic hydroxyl groups excluding tert-OH is 1. The van der Waals surface area contributed by atoms with E-state index in [0.29, 0.717) is 6.29 Å². The van der Waals surface area contributed by atoms with Crippen LogP contribution in [0.25, 0.3) is 0 Å². The summed E-state index contributed by atoms with van der Waals surface area (Å²) in [5, 5.41) is 15.1. The van der Waals surface area contributed by atoms with Crippen LogP contribution in [0.4, 0.5) is 0 Å². The minimum Gasteiger partial charge on any atom is -0.481 e. The van der Waals surface area contributed by atoms with Crippen molar-refractivity contribution < 1.29 is 19.8 Å². The summed E-state index contributed by atoms with van der Waals surface area (Å²) in [6.07, 6.45) is 0.724. The highest BCUT2D eigenvalue weighted by Gasteiger charge is 2.02. The zero-order chi connectivity index (χ0) is 9.28. The van der Waals surface area contributed by atoms with Crippen molar-refractivity contribution in [2.24, 2.45) is 5.73 Å². The van der Waals surface area contributed by atoms with Crippen LogP contribution in [0.3, 0.4) is 0 Å². The number of rotatable bonds is 4. The number of carboxylic acids is 1. The van der Waals surface area contributed by atoms with Gasteiger partial charge in [0.2, 0.25) is 0 Å². The smallest absolute Gasteiger partial charge is 0.303 e. The molecule has 4 N–H and O–H groups in total. The Balaban J connectivity index is 0. The monoisotopic (exact) mass is 163 g/mol. The van der Waals surface area contributed by atoms with Gasteiger partial charge in [0.1, 0.15) is 6.29 Å². The molecule has 0 aromatic rings. The fourth-order valence-corrected chi connectivity index (χ4v) is 0.358. The van der Waals surface area contributed by atoms with Crippen molar-refractivity contribution in [2.45, 2.75) is 18.9 Å². The number of carboxylic acid groups (broad SMARTS) is 1. The van der Waals surface area contributed by atoms with E-state index in [2.05, 4.69) is 0 Å². The Morgan fingerprint density at radius 3 is 2.36 bits per heavy atom. The zero-order valence-electron chi connectivity index (χ0n) is 6.36. The fourth-order valence-electron chi connectivity index (χ4n) is 0.358. The third-order valence-corrected chi connectivity index (χ3v) is 0.866. The largest absolute Gasteiger partial charge is 0.481 e. The van der Waals surface area contributed by atoms with E-state index >= 15 is 0 Å². The van der Waals surface area contributed by atoms with E-state index < -0.39 is 12.0 Å². The summed E-state index contributed by atoms with van der Waals surface area (Å²) in [4.78, 5) is 19.6. The molecule has 0 bridgehead atoms. The van der Waals surface area contributed by atoms with Gasteiger partial charge in [0.05, 0.1) is 6.04 Å². The molecule has 1 atom stereocenters.